The predicted octanol–water partition coefficient (Wildman–Crippen LogP) is -0.837. The maximum absolute atomic E-state index is 11.6. The number of aryl methyl sites for hydroxylation is 1. The Morgan fingerprint density at radius 1 is 1.25 bits per heavy atom. The summed E-state index contributed by atoms with van der Waals surface area (Å²) in [6, 6.07) is 0. The van der Waals surface area contributed by atoms with E-state index in [4.69, 9.17) is 5.14 Å². The molecule has 0 aliphatic rings. The Balaban J connectivity index is 2.86. The van der Waals surface area contributed by atoms with Crippen molar-refractivity contribution in [2.75, 3.05) is 11.5 Å². The molecule has 0 radical (unpaired) electrons. The highest BCUT2D eigenvalue weighted by molar-refractivity contribution is 7.95. The molecule has 0 saturated heterocycles. The van der Waals surface area contributed by atoms with Crippen molar-refractivity contribution in [1.82, 2.24) is 9.36 Å². The summed E-state index contributed by atoms with van der Waals surface area (Å²) in [5.41, 5.74) is 0. The van der Waals surface area contributed by atoms with E-state index in [1.807, 2.05) is 0 Å². The number of hydrogen-bond donors (Lipinski definition) is 1. The SMILES string of the molecule is CCc1nsc(S(=O)(=O)CCS(N)(=O)=O)n1. The molecule has 0 unspecified atom stereocenters. The summed E-state index contributed by atoms with van der Waals surface area (Å²) in [6.45, 7) is 1.79. The van der Waals surface area contributed by atoms with Gasteiger partial charge in [-0.3, -0.25) is 0 Å². The molecule has 0 aliphatic carbocycles. The van der Waals surface area contributed by atoms with Gasteiger partial charge in [0, 0.05) is 6.42 Å². The number of rotatable bonds is 5. The fourth-order valence-corrected chi connectivity index (χ4v) is 4.36. The second-order valence-electron chi connectivity index (χ2n) is 3.02. The molecule has 0 aromatic carbocycles. The van der Waals surface area contributed by atoms with Crippen molar-refractivity contribution in [3.8, 4) is 0 Å². The molecule has 2 N–H and O–H groups in total. The lowest BCUT2D eigenvalue weighted by atomic mass is 10.5. The van der Waals surface area contributed by atoms with Gasteiger partial charge in [-0.05, 0) is 11.5 Å². The first-order valence-electron chi connectivity index (χ1n) is 4.30. The van der Waals surface area contributed by atoms with E-state index < -0.39 is 31.4 Å². The molecule has 0 aliphatic heterocycles. The first-order chi connectivity index (χ1) is 7.24. The molecule has 16 heavy (non-hydrogen) atoms. The Bertz CT molecular complexity index is 560. The molecule has 1 aromatic heterocycles. The van der Waals surface area contributed by atoms with Gasteiger partial charge in [0.25, 0.3) is 0 Å². The quantitative estimate of drug-likeness (QED) is 0.753. The molecule has 0 bridgehead atoms. The fourth-order valence-electron chi connectivity index (χ4n) is 0.821. The first-order valence-corrected chi connectivity index (χ1v) is 8.44. The Labute approximate surface area is 97.8 Å². The maximum atomic E-state index is 11.6. The Kier molecular flexibility index (Phi) is 3.99. The third-order valence-electron chi connectivity index (χ3n) is 1.67. The lowest BCUT2D eigenvalue weighted by Gasteiger charge is -1.98. The van der Waals surface area contributed by atoms with Crippen molar-refractivity contribution in [2.45, 2.75) is 17.7 Å². The van der Waals surface area contributed by atoms with Gasteiger partial charge in [0.2, 0.25) is 24.2 Å². The molecule has 0 fully saturated rings. The second-order valence-corrected chi connectivity index (χ2v) is 7.78. The van der Waals surface area contributed by atoms with Gasteiger partial charge in [0.1, 0.15) is 5.82 Å². The van der Waals surface area contributed by atoms with Crippen molar-refractivity contribution in [3.05, 3.63) is 5.82 Å². The minimum atomic E-state index is -3.79. The summed E-state index contributed by atoms with van der Waals surface area (Å²) < 4.78 is 48.2. The number of sulfone groups is 1. The number of sulfonamides is 1. The molecule has 1 heterocycles. The number of hydrogen-bond acceptors (Lipinski definition) is 7. The first kappa shape index (κ1) is 13.5. The number of nitrogens with zero attached hydrogens (tertiary/aromatic N) is 2. The van der Waals surface area contributed by atoms with Gasteiger partial charge < -0.3 is 0 Å². The largest absolute Gasteiger partial charge is 0.229 e. The molecule has 1 rings (SSSR count). The third-order valence-corrected chi connectivity index (χ3v) is 5.60. The summed E-state index contributed by atoms with van der Waals surface area (Å²) in [4.78, 5) is 3.78. The van der Waals surface area contributed by atoms with Gasteiger partial charge in [-0.25, -0.2) is 27.0 Å². The predicted molar refractivity (Wildman–Crippen MR) is 59.3 cm³/mol. The summed E-state index contributed by atoms with van der Waals surface area (Å²) in [5, 5.41) is 4.73. The van der Waals surface area contributed by atoms with E-state index in [9.17, 15) is 16.8 Å². The number of primary sulfonamides is 1. The molecular weight excluding hydrogens is 274 g/mol. The van der Waals surface area contributed by atoms with Crippen LogP contribution in [0.1, 0.15) is 12.7 Å². The van der Waals surface area contributed by atoms with Crippen molar-refractivity contribution in [2.24, 2.45) is 5.14 Å². The Hall–Kier alpha value is -0.580. The van der Waals surface area contributed by atoms with E-state index in [-0.39, 0.29) is 4.34 Å². The van der Waals surface area contributed by atoms with Crippen molar-refractivity contribution in [3.63, 3.8) is 0 Å². The van der Waals surface area contributed by atoms with Crippen LogP contribution in [0.15, 0.2) is 4.34 Å². The molecule has 92 valence electrons. The van der Waals surface area contributed by atoms with Gasteiger partial charge in [0.15, 0.2) is 0 Å². The second kappa shape index (κ2) is 4.73. The number of nitrogens with two attached hydrogens (primary N) is 1. The van der Waals surface area contributed by atoms with E-state index in [1.54, 1.807) is 6.92 Å². The van der Waals surface area contributed by atoms with E-state index in [1.165, 1.54) is 0 Å². The van der Waals surface area contributed by atoms with Crippen LogP contribution in [-0.4, -0.2) is 37.7 Å². The van der Waals surface area contributed by atoms with Gasteiger partial charge >= 0.3 is 0 Å². The summed E-state index contributed by atoms with van der Waals surface area (Å²) in [7, 11) is -7.48. The molecule has 1 aromatic rings. The molecule has 0 spiro atoms. The zero-order valence-electron chi connectivity index (χ0n) is 8.45. The molecule has 0 amide bonds. The van der Waals surface area contributed by atoms with Crippen LogP contribution in [0.4, 0.5) is 0 Å². The van der Waals surface area contributed by atoms with Crippen LogP contribution < -0.4 is 5.14 Å². The monoisotopic (exact) mass is 285 g/mol. The van der Waals surface area contributed by atoms with E-state index in [2.05, 4.69) is 9.36 Å². The Morgan fingerprint density at radius 2 is 1.88 bits per heavy atom. The van der Waals surface area contributed by atoms with Crippen LogP contribution in [0, 0.1) is 0 Å². The molecule has 0 saturated carbocycles. The van der Waals surface area contributed by atoms with Crippen molar-refractivity contribution in [1.29, 1.82) is 0 Å². The van der Waals surface area contributed by atoms with E-state index >= 15 is 0 Å². The lowest BCUT2D eigenvalue weighted by Crippen LogP contribution is -2.23. The zero-order valence-corrected chi connectivity index (χ0v) is 10.9. The fraction of sp³-hybridized carbons (Fsp3) is 0.667. The number of aromatic nitrogens is 2. The maximum Gasteiger partial charge on any atom is 0.228 e. The van der Waals surface area contributed by atoms with Gasteiger partial charge in [-0.15, -0.1) is 0 Å². The average Bonchev–Trinajstić information content (AvgIpc) is 2.62. The normalized spacial score (nSPS) is 12.9. The smallest absolute Gasteiger partial charge is 0.228 e. The topological polar surface area (TPSA) is 120 Å². The van der Waals surface area contributed by atoms with Crippen LogP contribution in [0.5, 0.6) is 0 Å². The highest BCUT2D eigenvalue weighted by Crippen LogP contribution is 2.14. The molecule has 10 heteroatoms. The Morgan fingerprint density at radius 3 is 2.31 bits per heavy atom. The minimum absolute atomic E-state index is 0.159. The summed E-state index contributed by atoms with van der Waals surface area (Å²) in [5.74, 6) is -0.750. The average molecular weight is 285 g/mol. The highest BCUT2D eigenvalue weighted by Gasteiger charge is 2.21. The molecule has 0 atom stereocenters. The van der Waals surface area contributed by atoms with E-state index in [0.29, 0.717) is 12.2 Å². The standard InChI is InChI=1S/C6H11N3O4S3/c1-2-5-8-6(14-9-5)15(10,11)3-4-16(7,12)13/h2-4H2,1H3,(H2,7,12,13). The van der Waals surface area contributed by atoms with Crippen LogP contribution in [0.3, 0.4) is 0 Å². The van der Waals surface area contributed by atoms with Crippen molar-refractivity contribution < 1.29 is 16.8 Å². The van der Waals surface area contributed by atoms with Crippen LogP contribution in [0.25, 0.3) is 0 Å². The summed E-state index contributed by atoms with van der Waals surface area (Å²) >= 11 is 0.747. The van der Waals surface area contributed by atoms with Gasteiger partial charge in [-0.1, -0.05) is 6.92 Å². The third kappa shape index (κ3) is 3.77. The van der Waals surface area contributed by atoms with Gasteiger partial charge in [0.05, 0.1) is 11.5 Å². The minimum Gasteiger partial charge on any atom is -0.229 e. The van der Waals surface area contributed by atoms with E-state index in [0.717, 1.165) is 11.5 Å². The molecule has 7 nitrogen and oxygen atoms in total. The lowest BCUT2D eigenvalue weighted by molar-refractivity contribution is 0.587. The van der Waals surface area contributed by atoms with Crippen LogP contribution in [-0.2, 0) is 26.3 Å². The van der Waals surface area contributed by atoms with Crippen LogP contribution in [0.2, 0.25) is 0 Å². The zero-order chi connectivity index (χ0) is 12.4. The summed E-state index contributed by atoms with van der Waals surface area (Å²) in [6.07, 6.45) is 0.529. The van der Waals surface area contributed by atoms with Crippen LogP contribution >= 0.6 is 11.5 Å². The van der Waals surface area contributed by atoms with Crippen molar-refractivity contribution >= 4 is 31.4 Å². The van der Waals surface area contributed by atoms with Gasteiger partial charge in [-0.2, -0.15) is 4.37 Å². The molecular formula is C6H11N3O4S3. The highest BCUT2D eigenvalue weighted by atomic mass is 32.2.